The van der Waals surface area contributed by atoms with Gasteiger partial charge in [0.05, 0.1) is 6.42 Å². The zero-order chi connectivity index (χ0) is 11.7. The van der Waals surface area contributed by atoms with Gasteiger partial charge in [-0.2, -0.15) is 0 Å². The number of carbonyl (C=O) groups is 1. The van der Waals surface area contributed by atoms with Gasteiger partial charge in [0.1, 0.15) is 0 Å². The lowest BCUT2D eigenvalue weighted by molar-refractivity contribution is -0.387. The molecule has 0 unspecified atom stereocenters. The van der Waals surface area contributed by atoms with E-state index in [4.69, 9.17) is 5.11 Å². The molecule has 0 aromatic carbocycles. The van der Waals surface area contributed by atoms with Crippen molar-refractivity contribution in [1.82, 2.24) is 9.38 Å². The Balaban J connectivity index is 2.68. The van der Waals surface area contributed by atoms with Crippen molar-refractivity contribution in [2.24, 2.45) is 0 Å². The van der Waals surface area contributed by atoms with Crippen LogP contribution < -0.4 is 0 Å². The van der Waals surface area contributed by atoms with Gasteiger partial charge in [-0.15, -0.1) is 0 Å². The third-order valence-electron chi connectivity index (χ3n) is 2.14. The molecule has 0 radical (unpaired) electrons. The summed E-state index contributed by atoms with van der Waals surface area (Å²) in [6.07, 6.45) is 2.61. The summed E-state index contributed by atoms with van der Waals surface area (Å²) in [5, 5.41) is 19.4. The van der Waals surface area contributed by atoms with Crippen molar-refractivity contribution in [3.63, 3.8) is 0 Å². The molecular weight excluding hydrogens is 214 g/mol. The Labute approximate surface area is 89.1 Å². The standard InChI is InChI=1S/C9H7N3O4/c13-7(14)4-6-2-1-3-11-5-10-9(8(6)11)12(15)16/h1-3,5H,4H2,(H,13,14). The van der Waals surface area contributed by atoms with Crippen molar-refractivity contribution in [2.75, 3.05) is 0 Å². The normalized spacial score (nSPS) is 10.5. The minimum absolute atomic E-state index is 0.231. The average molecular weight is 221 g/mol. The summed E-state index contributed by atoms with van der Waals surface area (Å²) >= 11 is 0. The van der Waals surface area contributed by atoms with Crippen molar-refractivity contribution >= 4 is 17.3 Å². The van der Waals surface area contributed by atoms with Crippen LogP contribution in [-0.4, -0.2) is 25.4 Å². The van der Waals surface area contributed by atoms with Crippen LogP contribution >= 0.6 is 0 Å². The van der Waals surface area contributed by atoms with E-state index in [1.807, 2.05) is 0 Å². The van der Waals surface area contributed by atoms with Gasteiger partial charge in [-0.25, -0.2) is 0 Å². The molecule has 0 fully saturated rings. The van der Waals surface area contributed by atoms with Crippen LogP contribution in [0.5, 0.6) is 0 Å². The van der Waals surface area contributed by atoms with E-state index < -0.39 is 10.9 Å². The summed E-state index contributed by atoms with van der Waals surface area (Å²) < 4.78 is 1.44. The highest BCUT2D eigenvalue weighted by Crippen LogP contribution is 2.21. The molecule has 82 valence electrons. The second kappa shape index (κ2) is 3.61. The monoisotopic (exact) mass is 221 g/mol. The molecule has 16 heavy (non-hydrogen) atoms. The fourth-order valence-electron chi connectivity index (χ4n) is 1.54. The van der Waals surface area contributed by atoms with Gasteiger partial charge < -0.3 is 15.2 Å². The van der Waals surface area contributed by atoms with Gasteiger partial charge in [-0.1, -0.05) is 6.07 Å². The number of hydrogen-bond donors (Lipinski definition) is 1. The summed E-state index contributed by atoms with van der Waals surface area (Å²) in [5.74, 6) is -1.36. The van der Waals surface area contributed by atoms with Crippen LogP contribution in [0.15, 0.2) is 24.7 Å². The van der Waals surface area contributed by atoms with Gasteiger partial charge in [0, 0.05) is 6.20 Å². The molecule has 0 bridgehead atoms. The molecule has 0 amide bonds. The Kier molecular flexibility index (Phi) is 2.28. The zero-order valence-electron chi connectivity index (χ0n) is 8.03. The maximum absolute atomic E-state index is 10.7. The number of aromatic nitrogens is 2. The second-order valence-electron chi connectivity index (χ2n) is 3.19. The van der Waals surface area contributed by atoms with E-state index in [9.17, 15) is 14.9 Å². The summed E-state index contributed by atoms with van der Waals surface area (Å²) in [6, 6.07) is 3.16. The number of carboxylic acids is 1. The van der Waals surface area contributed by atoms with Crippen LogP contribution in [0.4, 0.5) is 5.82 Å². The molecule has 7 heteroatoms. The van der Waals surface area contributed by atoms with Crippen LogP contribution in [0.25, 0.3) is 5.52 Å². The summed E-state index contributed by atoms with van der Waals surface area (Å²) in [5.41, 5.74) is 0.606. The number of nitro groups is 1. The fraction of sp³-hybridized carbons (Fsp3) is 0.111. The molecule has 0 spiro atoms. The quantitative estimate of drug-likeness (QED) is 0.612. The first kappa shape index (κ1) is 10.1. The highest BCUT2D eigenvalue weighted by Gasteiger charge is 2.19. The average Bonchev–Trinajstić information content (AvgIpc) is 2.61. The van der Waals surface area contributed by atoms with E-state index in [0.29, 0.717) is 5.56 Å². The number of rotatable bonds is 3. The van der Waals surface area contributed by atoms with E-state index in [-0.39, 0.29) is 17.8 Å². The van der Waals surface area contributed by atoms with E-state index in [0.717, 1.165) is 0 Å². The molecule has 0 saturated heterocycles. The smallest absolute Gasteiger partial charge is 0.389 e. The number of pyridine rings is 1. The second-order valence-corrected chi connectivity index (χ2v) is 3.19. The highest BCUT2D eigenvalue weighted by atomic mass is 16.6. The van der Waals surface area contributed by atoms with Gasteiger partial charge in [0.2, 0.25) is 6.33 Å². The summed E-state index contributed by atoms with van der Waals surface area (Å²) in [4.78, 5) is 24.3. The van der Waals surface area contributed by atoms with Gasteiger partial charge in [0.25, 0.3) is 0 Å². The third kappa shape index (κ3) is 1.58. The van der Waals surface area contributed by atoms with Crippen molar-refractivity contribution in [3.05, 3.63) is 40.3 Å². The predicted molar refractivity (Wildman–Crippen MR) is 53.2 cm³/mol. The Morgan fingerprint density at radius 1 is 1.62 bits per heavy atom. The van der Waals surface area contributed by atoms with E-state index in [1.54, 1.807) is 12.3 Å². The first-order chi connectivity index (χ1) is 7.59. The maximum atomic E-state index is 10.7. The van der Waals surface area contributed by atoms with Crippen molar-refractivity contribution in [2.45, 2.75) is 6.42 Å². The van der Waals surface area contributed by atoms with Gasteiger partial charge in [-0.3, -0.25) is 9.20 Å². The molecule has 1 N–H and O–H groups in total. The van der Waals surface area contributed by atoms with E-state index in [2.05, 4.69) is 4.98 Å². The molecule has 0 aliphatic carbocycles. The lowest BCUT2D eigenvalue weighted by Gasteiger charge is -2.00. The number of carboxylic acid groups (broad SMARTS) is 1. The zero-order valence-corrected chi connectivity index (χ0v) is 8.03. The molecule has 2 aromatic rings. The Morgan fingerprint density at radius 2 is 2.38 bits per heavy atom. The molecular formula is C9H7N3O4. The van der Waals surface area contributed by atoms with Gasteiger partial charge >= 0.3 is 11.8 Å². The number of hydrogen-bond acceptors (Lipinski definition) is 4. The minimum atomic E-state index is -1.04. The maximum Gasteiger partial charge on any atom is 0.389 e. The fourth-order valence-corrected chi connectivity index (χ4v) is 1.54. The first-order valence-corrected chi connectivity index (χ1v) is 4.40. The number of imidazole rings is 1. The van der Waals surface area contributed by atoms with Gasteiger partial charge in [0.15, 0.2) is 5.52 Å². The number of fused-ring (bicyclic) bond motifs is 1. The molecule has 0 saturated carbocycles. The number of nitrogens with zero attached hydrogens (tertiary/aromatic N) is 3. The largest absolute Gasteiger partial charge is 0.481 e. The van der Waals surface area contributed by atoms with Crippen molar-refractivity contribution in [3.8, 4) is 0 Å². The van der Waals surface area contributed by atoms with E-state index in [1.165, 1.54) is 16.8 Å². The Bertz CT molecular complexity index is 575. The molecule has 0 aliphatic heterocycles. The first-order valence-electron chi connectivity index (χ1n) is 4.40. The molecule has 2 rings (SSSR count). The van der Waals surface area contributed by atoms with Crippen molar-refractivity contribution in [1.29, 1.82) is 0 Å². The van der Waals surface area contributed by atoms with Crippen LogP contribution in [0.2, 0.25) is 0 Å². The lowest BCUT2D eigenvalue weighted by Crippen LogP contribution is -2.02. The van der Waals surface area contributed by atoms with Crippen LogP contribution in [0.3, 0.4) is 0 Å². The van der Waals surface area contributed by atoms with Crippen LogP contribution in [0, 0.1) is 10.1 Å². The lowest BCUT2D eigenvalue weighted by atomic mass is 10.1. The topological polar surface area (TPSA) is 97.7 Å². The molecule has 2 heterocycles. The van der Waals surface area contributed by atoms with E-state index >= 15 is 0 Å². The van der Waals surface area contributed by atoms with Gasteiger partial charge in [-0.05, 0) is 21.5 Å². The SMILES string of the molecule is O=C(O)Cc1cccn2cnc([N+](=O)[O-])c12. The minimum Gasteiger partial charge on any atom is -0.481 e. The summed E-state index contributed by atoms with van der Waals surface area (Å²) in [6.45, 7) is 0. The third-order valence-corrected chi connectivity index (χ3v) is 2.14. The molecule has 0 atom stereocenters. The molecule has 7 nitrogen and oxygen atoms in total. The Morgan fingerprint density at radius 3 is 3.00 bits per heavy atom. The molecule has 2 aromatic heterocycles. The Hall–Kier alpha value is -2.44. The number of aliphatic carboxylic acids is 1. The molecule has 0 aliphatic rings. The van der Waals surface area contributed by atoms with Crippen molar-refractivity contribution < 1.29 is 14.8 Å². The predicted octanol–water partition coefficient (Wildman–Crippen LogP) is 0.870. The van der Waals surface area contributed by atoms with Crippen LogP contribution in [0.1, 0.15) is 5.56 Å². The highest BCUT2D eigenvalue weighted by molar-refractivity contribution is 5.77. The summed E-state index contributed by atoms with van der Waals surface area (Å²) in [7, 11) is 0. The van der Waals surface area contributed by atoms with Crippen LogP contribution in [-0.2, 0) is 11.2 Å².